The Hall–Kier alpha value is -1.45. The summed E-state index contributed by atoms with van der Waals surface area (Å²) in [7, 11) is 0. The van der Waals surface area contributed by atoms with Crippen molar-refractivity contribution in [3.63, 3.8) is 0 Å². The second-order valence-electron chi connectivity index (χ2n) is 4.70. The fraction of sp³-hybridized carbons (Fsp3) is 0.583. The maximum Gasteiger partial charge on any atom is 0.340 e. The van der Waals surface area contributed by atoms with Crippen LogP contribution in [0.25, 0.3) is 0 Å². The molecule has 16 heavy (non-hydrogen) atoms. The lowest BCUT2D eigenvalue weighted by atomic mass is 10.1. The minimum absolute atomic E-state index is 0.331. The smallest absolute Gasteiger partial charge is 0.340 e. The zero-order valence-electron chi connectivity index (χ0n) is 10.5. The number of aromatic nitrogens is 2. The van der Waals surface area contributed by atoms with E-state index >= 15 is 0 Å². The van der Waals surface area contributed by atoms with Gasteiger partial charge in [0.05, 0.1) is 17.0 Å². The van der Waals surface area contributed by atoms with Gasteiger partial charge in [-0.2, -0.15) is 10.2 Å². The highest BCUT2D eigenvalue weighted by molar-refractivity contribution is 5.90. The molecule has 88 valence electrons. The van der Waals surface area contributed by atoms with Gasteiger partial charge in [0.15, 0.2) is 0 Å². The largest absolute Gasteiger partial charge is 0.456 e. The fourth-order valence-electron chi connectivity index (χ4n) is 1.29. The van der Waals surface area contributed by atoms with Crippen molar-refractivity contribution in [1.82, 2.24) is 10.2 Å². The highest BCUT2D eigenvalue weighted by Crippen LogP contribution is 2.14. The molecule has 0 N–H and O–H groups in total. The third-order valence-corrected chi connectivity index (χ3v) is 1.95. The summed E-state index contributed by atoms with van der Waals surface area (Å²) in [5, 5.41) is 7.93. The third kappa shape index (κ3) is 3.29. The Labute approximate surface area is 96.0 Å². The molecule has 0 fully saturated rings. The van der Waals surface area contributed by atoms with Gasteiger partial charge in [0.2, 0.25) is 0 Å². The summed E-state index contributed by atoms with van der Waals surface area (Å²) in [6.45, 7) is 9.28. The molecule has 0 atom stereocenters. The molecule has 0 aliphatic rings. The van der Waals surface area contributed by atoms with Crippen LogP contribution in [0.15, 0.2) is 6.07 Å². The Morgan fingerprint density at radius 3 is 2.50 bits per heavy atom. The molecule has 0 aliphatic heterocycles. The summed E-state index contributed by atoms with van der Waals surface area (Å²) in [4.78, 5) is 11.9. The van der Waals surface area contributed by atoms with Gasteiger partial charge >= 0.3 is 5.97 Å². The lowest BCUT2D eigenvalue weighted by molar-refractivity contribution is 0.00674. The molecule has 0 saturated heterocycles. The Balaban J connectivity index is 3.02. The Morgan fingerprint density at radius 1 is 1.38 bits per heavy atom. The van der Waals surface area contributed by atoms with Gasteiger partial charge in [0, 0.05) is 0 Å². The zero-order chi connectivity index (χ0) is 12.3. The normalized spacial score (nSPS) is 11.3. The molecular weight excluding hydrogens is 204 g/mol. The van der Waals surface area contributed by atoms with E-state index in [4.69, 9.17) is 4.74 Å². The number of hydrogen-bond acceptors (Lipinski definition) is 4. The van der Waals surface area contributed by atoms with E-state index in [-0.39, 0.29) is 5.97 Å². The standard InChI is InChI=1S/C12H18N2O2/c1-6-10-9(7-8(2)13-14-10)11(15)16-12(3,4)5/h7H,6H2,1-5H3. The molecule has 1 aromatic rings. The highest BCUT2D eigenvalue weighted by Gasteiger charge is 2.20. The van der Waals surface area contributed by atoms with Gasteiger partial charge < -0.3 is 4.74 Å². The highest BCUT2D eigenvalue weighted by atomic mass is 16.6. The van der Waals surface area contributed by atoms with Crippen LogP contribution in [-0.4, -0.2) is 21.8 Å². The first kappa shape index (κ1) is 12.6. The molecule has 4 heteroatoms. The number of ether oxygens (including phenoxy) is 1. The van der Waals surface area contributed by atoms with Crippen molar-refractivity contribution >= 4 is 5.97 Å². The van der Waals surface area contributed by atoms with Crippen molar-refractivity contribution in [2.24, 2.45) is 0 Å². The van der Waals surface area contributed by atoms with Crippen LogP contribution in [0.4, 0.5) is 0 Å². The number of rotatable bonds is 2. The van der Waals surface area contributed by atoms with Crippen molar-refractivity contribution in [2.75, 3.05) is 0 Å². The van der Waals surface area contributed by atoms with E-state index in [2.05, 4.69) is 10.2 Å². The lowest BCUT2D eigenvalue weighted by Crippen LogP contribution is -2.25. The van der Waals surface area contributed by atoms with E-state index in [0.29, 0.717) is 17.7 Å². The zero-order valence-corrected chi connectivity index (χ0v) is 10.5. The topological polar surface area (TPSA) is 52.1 Å². The predicted molar refractivity (Wildman–Crippen MR) is 61.3 cm³/mol. The monoisotopic (exact) mass is 222 g/mol. The molecule has 0 spiro atoms. The molecule has 1 aromatic heterocycles. The Bertz CT molecular complexity index is 394. The van der Waals surface area contributed by atoms with Gasteiger partial charge in [-0.25, -0.2) is 4.79 Å². The molecule has 1 rings (SSSR count). The average Bonchev–Trinajstić information content (AvgIpc) is 2.15. The maximum absolute atomic E-state index is 11.9. The van der Waals surface area contributed by atoms with Crippen LogP contribution in [0.5, 0.6) is 0 Å². The van der Waals surface area contributed by atoms with E-state index in [9.17, 15) is 4.79 Å². The number of nitrogens with zero attached hydrogens (tertiary/aromatic N) is 2. The number of carbonyl (C=O) groups is 1. The summed E-state index contributed by atoms with van der Waals surface area (Å²) >= 11 is 0. The summed E-state index contributed by atoms with van der Waals surface area (Å²) in [6.07, 6.45) is 0.669. The second-order valence-corrected chi connectivity index (χ2v) is 4.70. The number of hydrogen-bond donors (Lipinski definition) is 0. The number of aryl methyl sites for hydroxylation is 2. The third-order valence-electron chi connectivity index (χ3n) is 1.95. The van der Waals surface area contributed by atoms with Crippen molar-refractivity contribution in [2.45, 2.75) is 46.6 Å². The Morgan fingerprint density at radius 2 is 2.00 bits per heavy atom. The molecule has 0 aromatic carbocycles. The molecule has 0 unspecified atom stereocenters. The lowest BCUT2D eigenvalue weighted by Gasteiger charge is -2.20. The Kier molecular flexibility index (Phi) is 3.62. The van der Waals surface area contributed by atoms with E-state index < -0.39 is 5.60 Å². The first-order chi connectivity index (χ1) is 7.33. The molecule has 0 aliphatic carbocycles. The first-order valence-corrected chi connectivity index (χ1v) is 5.40. The van der Waals surface area contributed by atoms with Crippen LogP contribution in [0.1, 0.15) is 49.4 Å². The van der Waals surface area contributed by atoms with Crippen molar-refractivity contribution in [1.29, 1.82) is 0 Å². The van der Waals surface area contributed by atoms with Gasteiger partial charge in [-0.05, 0) is 40.2 Å². The quantitative estimate of drug-likeness (QED) is 0.720. The van der Waals surface area contributed by atoms with Crippen molar-refractivity contribution < 1.29 is 9.53 Å². The van der Waals surface area contributed by atoms with Crippen molar-refractivity contribution in [3.05, 3.63) is 23.0 Å². The molecule has 0 bridgehead atoms. The molecule has 0 saturated carbocycles. The van der Waals surface area contributed by atoms with Gasteiger partial charge in [-0.15, -0.1) is 0 Å². The summed E-state index contributed by atoms with van der Waals surface area (Å²) in [5.41, 5.74) is 1.43. The number of carbonyl (C=O) groups excluding carboxylic acids is 1. The first-order valence-electron chi connectivity index (χ1n) is 5.40. The van der Waals surface area contributed by atoms with Crippen molar-refractivity contribution in [3.8, 4) is 0 Å². The van der Waals surface area contributed by atoms with Crippen LogP contribution >= 0.6 is 0 Å². The van der Waals surface area contributed by atoms with Gasteiger partial charge in [-0.1, -0.05) is 6.92 Å². The molecule has 0 radical (unpaired) electrons. The van der Waals surface area contributed by atoms with Crippen LogP contribution in [0.2, 0.25) is 0 Å². The van der Waals surface area contributed by atoms with E-state index in [1.54, 1.807) is 13.0 Å². The predicted octanol–water partition coefficient (Wildman–Crippen LogP) is 2.30. The van der Waals surface area contributed by atoms with Gasteiger partial charge in [0.1, 0.15) is 5.60 Å². The van der Waals surface area contributed by atoms with Crippen LogP contribution < -0.4 is 0 Å². The molecule has 4 nitrogen and oxygen atoms in total. The second kappa shape index (κ2) is 4.60. The summed E-state index contributed by atoms with van der Waals surface area (Å²) in [6, 6.07) is 1.72. The fourth-order valence-corrected chi connectivity index (χ4v) is 1.29. The van der Waals surface area contributed by atoms with E-state index in [1.165, 1.54) is 0 Å². The van der Waals surface area contributed by atoms with E-state index in [1.807, 2.05) is 27.7 Å². The van der Waals surface area contributed by atoms with Crippen LogP contribution in [0.3, 0.4) is 0 Å². The van der Waals surface area contributed by atoms with Crippen LogP contribution in [-0.2, 0) is 11.2 Å². The minimum Gasteiger partial charge on any atom is -0.456 e. The minimum atomic E-state index is -0.487. The summed E-state index contributed by atoms with van der Waals surface area (Å²) < 4.78 is 5.31. The van der Waals surface area contributed by atoms with Gasteiger partial charge in [-0.3, -0.25) is 0 Å². The molecular formula is C12H18N2O2. The van der Waals surface area contributed by atoms with E-state index in [0.717, 1.165) is 5.69 Å². The van der Waals surface area contributed by atoms with Crippen LogP contribution in [0, 0.1) is 6.92 Å². The molecule has 1 heterocycles. The molecule has 0 amide bonds. The number of esters is 1. The SMILES string of the molecule is CCc1nnc(C)cc1C(=O)OC(C)(C)C. The summed E-state index contributed by atoms with van der Waals surface area (Å²) in [5.74, 6) is -0.331. The average molecular weight is 222 g/mol. The maximum atomic E-state index is 11.9. The van der Waals surface area contributed by atoms with Gasteiger partial charge in [0.25, 0.3) is 0 Å².